The number of likely N-dealkylation sites (N-methyl/N-ethyl adjacent to an activating group) is 1. The van der Waals surface area contributed by atoms with Gasteiger partial charge in [-0.2, -0.15) is 4.31 Å². The summed E-state index contributed by atoms with van der Waals surface area (Å²) in [6, 6.07) is 10.6. The first kappa shape index (κ1) is 27.4. The molecule has 8 nitrogen and oxygen atoms in total. The molecule has 0 atom stereocenters. The molecule has 0 amide bonds. The van der Waals surface area contributed by atoms with Gasteiger partial charge < -0.3 is 14.5 Å². The van der Waals surface area contributed by atoms with Crippen LogP contribution >= 0.6 is 0 Å². The molecule has 2 saturated heterocycles. The number of aromatic nitrogens is 1. The van der Waals surface area contributed by atoms with E-state index in [2.05, 4.69) is 46.1 Å². The number of benzene rings is 1. The Labute approximate surface area is 228 Å². The van der Waals surface area contributed by atoms with Crippen molar-refractivity contribution in [2.75, 3.05) is 70.6 Å². The van der Waals surface area contributed by atoms with Crippen LogP contribution in [0.3, 0.4) is 0 Å². The lowest BCUT2D eigenvalue weighted by Crippen LogP contribution is -2.43. The van der Waals surface area contributed by atoms with Crippen molar-refractivity contribution in [2.45, 2.75) is 45.2 Å². The zero-order valence-corrected chi connectivity index (χ0v) is 23.8. The Kier molecular flexibility index (Phi) is 8.88. The van der Waals surface area contributed by atoms with Crippen LogP contribution in [0.5, 0.6) is 5.75 Å². The highest BCUT2D eigenvalue weighted by molar-refractivity contribution is 7.88. The van der Waals surface area contributed by atoms with Crippen LogP contribution in [0.15, 0.2) is 36.5 Å². The summed E-state index contributed by atoms with van der Waals surface area (Å²) in [4.78, 5) is 12.1. The molecule has 5 rings (SSSR count). The predicted octanol–water partition coefficient (Wildman–Crippen LogP) is 3.22. The van der Waals surface area contributed by atoms with E-state index in [1.54, 1.807) is 4.31 Å². The molecule has 3 aliphatic heterocycles. The number of rotatable bonds is 9. The Morgan fingerprint density at radius 2 is 1.76 bits per heavy atom. The van der Waals surface area contributed by atoms with Crippen molar-refractivity contribution < 1.29 is 13.2 Å². The fourth-order valence-corrected chi connectivity index (χ4v) is 6.65. The molecule has 0 N–H and O–H groups in total. The number of ether oxygens (including phenoxy) is 1. The van der Waals surface area contributed by atoms with E-state index in [0.29, 0.717) is 13.1 Å². The van der Waals surface area contributed by atoms with E-state index >= 15 is 0 Å². The summed E-state index contributed by atoms with van der Waals surface area (Å²) in [6.07, 6.45) is 8.76. The van der Waals surface area contributed by atoms with Gasteiger partial charge in [0.05, 0.1) is 12.9 Å². The second kappa shape index (κ2) is 12.3. The molecular weight excluding hydrogens is 498 g/mol. The summed E-state index contributed by atoms with van der Waals surface area (Å²) in [5.41, 5.74) is 3.60. The quantitative estimate of drug-likeness (QED) is 0.452. The molecule has 0 spiro atoms. The molecule has 2 fully saturated rings. The maximum Gasteiger partial charge on any atom is 0.211 e. The second-order valence-corrected chi connectivity index (χ2v) is 13.3. The van der Waals surface area contributed by atoms with Crippen LogP contribution in [0.25, 0.3) is 0 Å². The van der Waals surface area contributed by atoms with Gasteiger partial charge in [-0.15, -0.1) is 0 Å². The summed E-state index contributed by atoms with van der Waals surface area (Å²) < 4.78 is 31.3. The highest BCUT2D eigenvalue weighted by atomic mass is 32.2. The average Bonchev–Trinajstić information content (AvgIpc) is 2.92. The third-order valence-corrected chi connectivity index (χ3v) is 9.65. The standard InChI is InChI=1S/C29H43N5O3S/c1-31-15-17-32(18-16-31)22-25-5-8-29(30-21-25)33-12-9-24(10-13-33)4-3-19-37-28-7-6-27-23-34(38(2,35)36)14-11-26(27)20-28/h5-8,20-21,24H,3-4,9-19,22-23H2,1-2H3. The zero-order chi connectivity index (χ0) is 26.5. The van der Waals surface area contributed by atoms with Crippen LogP contribution in [0.2, 0.25) is 0 Å². The fraction of sp³-hybridized carbons (Fsp3) is 0.621. The molecule has 0 unspecified atom stereocenters. The van der Waals surface area contributed by atoms with Gasteiger partial charge >= 0.3 is 0 Å². The molecule has 0 saturated carbocycles. The molecule has 0 aliphatic carbocycles. The number of fused-ring (bicyclic) bond motifs is 1. The summed E-state index contributed by atoms with van der Waals surface area (Å²) in [5.74, 6) is 2.76. The van der Waals surface area contributed by atoms with Gasteiger partial charge in [-0.05, 0) is 80.0 Å². The van der Waals surface area contributed by atoms with Gasteiger partial charge in [-0.25, -0.2) is 13.4 Å². The maximum absolute atomic E-state index is 11.8. The van der Waals surface area contributed by atoms with Crippen LogP contribution in [0.1, 0.15) is 42.4 Å². The van der Waals surface area contributed by atoms with E-state index in [9.17, 15) is 8.42 Å². The SMILES string of the molecule is CN1CCN(Cc2ccc(N3CCC(CCCOc4ccc5c(c4)CCN(S(C)(=O)=O)C5)CC3)nc2)CC1. The van der Waals surface area contributed by atoms with Crippen molar-refractivity contribution in [1.29, 1.82) is 0 Å². The number of hydrogen-bond donors (Lipinski definition) is 0. The zero-order valence-electron chi connectivity index (χ0n) is 23.0. The molecule has 38 heavy (non-hydrogen) atoms. The van der Waals surface area contributed by atoms with Crippen molar-refractivity contribution in [3.63, 3.8) is 0 Å². The van der Waals surface area contributed by atoms with Crippen molar-refractivity contribution in [3.05, 3.63) is 53.2 Å². The number of sulfonamides is 1. The van der Waals surface area contributed by atoms with Gasteiger partial charge in [0.15, 0.2) is 0 Å². The van der Waals surface area contributed by atoms with Crippen molar-refractivity contribution in [1.82, 2.24) is 19.1 Å². The van der Waals surface area contributed by atoms with Crippen LogP contribution < -0.4 is 9.64 Å². The molecule has 3 aliphatic rings. The number of piperazine rings is 1. The molecule has 2 aromatic rings. The van der Waals surface area contributed by atoms with E-state index in [1.807, 2.05) is 12.1 Å². The van der Waals surface area contributed by atoms with E-state index < -0.39 is 10.0 Å². The van der Waals surface area contributed by atoms with Crippen molar-refractivity contribution in [2.24, 2.45) is 5.92 Å². The molecule has 208 valence electrons. The van der Waals surface area contributed by atoms with Crippen LogP contribution in [-0.2, 0) is 29.5 Å². The lowest BCUT2D eigenvalue weighted by atomic mass is 9.92. The fourth-order valence-electron chi connectivity index (χ4n) is 5.85. The summed E-state index contributed by atoms with van der Waals surface area (Å²) in [6.45, 7) is 9.45. The lowest BCUT2D eigenvalue weighted by molar-refractivity contribution is 0.148. The molecule has 9 heteroatoms. The first-order valence-electron chi connectivity index (χ1n) is 14.1. The topological polar surface area (TPSA) is 69.2 Å². The van der Waals surface area contributed by atoms with Gasteiger partial charge in [-0.3, -0.25) is 4.90 Å². The van der Waals surface area contributed by atoms with Gasteiger partial charge in [0.1, 0.15) is 11.6 Å². The number of pyridine rings is 1. The molecule has 4 heterocycles. The van der Waals surface area contributed by atoms with Gasteiger partial charge in [-0.1, -0.05) is 12.1 Å². The minimum Gasteiger partial charge on any atom is -0.494 e. The number of piperidine rings is 1. The van der Waals surface area contributed by atoms with Crippen LogP contribution in [0.4, 0.5) is 5.82 Å². The highest BCUT2D eigenvalue weighted by Gasteiger charge is 2.24. The number of nitrogens with zero attached hydrogens (tertiary/aromatic N) is 5. The molecule has 0 radical (unpaired) electrons. The molecular formula is C29H43N5O3S. The van der Waals surface area contributed by atoms with Crippen molar-refractivity contribution >= 4 is 15.8 Å². The Hall–Kier alpha value is -2.20. The average molecular weight is 542 g/mol. The third kappa shape index (κ3) is 7.25. The summed E-state index contributed by atoms with van der Waals surface area (Å²) in [7, 11) is -0.947. The molecule has 1 aromatic carbocycles. The third-order valence-electron chi connectivity index (χ3n) is 8.40. The monoisotopic (exact) mass is 541 g/mol. The number of anilines is 1. The largest absolute Gasteiger partial charge is 0.494 e. The van der Waals surface area contributed by atoms with E-state index in [-0.39, 0.29) is 0 Å². The van der Waals surface area contributed by atoms with E-state index in [1.165, 1.54) is 36.6 Å². The summed E-state index contributed by atoms with van der Waals surface area (Å²) in [5, 5.41) is 0. The predicted molar refractivity (Wildman–Crippen MR) is 152 cm³/mol. The van der Waals surface area contributed by atoms with E-state index in [0.717, 1.165) is 88.3 Å². The van der Waals surface area contributed by atoms with Gasteiger partial charge in [0, 0.05) is 65.1 Å². The van der Waals surface area contributed by atoms with Crippen molar-refractivity contribution in [3.8, 4) is 5.75 Å². The highest BCUT2D eigenvalue weighted by Crippen LogP contribution is 2.27. The van der Waals surface area contributed by atoms with Crippen LogP contribution in [-0.4, -0.2) is 93.2 Å². The molecule has 1 aromatic heterocycles. The number of hydrogen-bond acceptors (Lipinski definition) is 7. The first-order chi connectivity index (χ1) is 18.3. The first-order valence-corrected chi connectivity index (χ1v) is 16.0. The Bertz CT molecular complexity index is 1160. The minimum atomic E-state index is -3.14. The second-order valence-electron chi connectivity index (χ2n) is 11.3. The maximum atomic E-state index is 11.8. The smallest absolute Gasteiger partial charge is 0.211 e. The lowest BCUT2D eigenvalue weighted by Gasteiger charge is -2.33. The molecule has 0 bridgehead atoms. The Morgan fingerprint density at radius 3 is 2.47 bits per heavy atom. The van der Waals surface area contributed by atoms with Gasteiger partial charge in [0.25, 0.3) is 0 Å². The summed E-state index contributed by atoms with van der Waals surface area (Å²) >= 11 is 0. The van der Waals surface area contributed by atoms with Gasteiger partial charge in [0.2, 0.25) is 10.0 Å². The Balaban J connectivity index is 0.999. The Morgan fingerprint density at radius 1 is 0.974 bits per heavy atom. The van der Waals surface area contributed by atoms with E-state index in [4.69, 9.17) is 9.72 Å². The minimum absolute atomic E-state index is 0.462. The normalized spacial score (nSPS) is 20.4. The van der Waals surface area contributed by atoms with Crippen LogP contribution in [0, 0.1) is 5.92 Å².